The second-order valence-corrected chi connectivity index (χ2v) is 3.74. The van der Waals surface area contributed by atoms with Gasteiger partial charge in [0.2, 0.25) is 0 Å². The number of hydrogen-bond acceptors (Lipinski definition) is 3. The Morgan fingerprint density at radius 1 is 1.60 bits per heavy atom. The van der Waals surface area contributed by atoms with Gasteiger partial charge in [-0.05, 0) is 12.1 Å². The molecule has 0 radical (unpaired) electrons. The maximum Gasteiger partial charge on any atom is 0.289 e. The molecule has 1 heterocycles. The van der Waals surface area contributed by atoms with E-state index in [0.29, 0.717) is 25.5 Å². The molecule has 1 aromatic rings. The molecular weight excluding hydrogens is 262 g/mol. The van der Waals surface area contributed by atoms with Crippen molar-refractivity contribution in [1.29, 1.82) is 0 Å². The Morgan fingerprint density at radius 3 is 2.93 bits per heavy atom. The van der Waals surface area contributed by atoms with Crippen molar-refractivity contribution in [2.24, 2.45) is 0 Å². The van der Waals surface area contributed by atoms with Crippen molar-refractivity contribution >= 4 is 21.8 Å². The van der Waals surface area contributed by atoms with E-state index in [4.69, 9.17) is 9.15 Å². The Morgan fingerprint density at radius 2 is 2.40 bits per heavy atom. The molecule has 0 fully saturated rings. The molecule has 0 aliphatic rings. The van der Waals surface area contributed by atoms with Gasteiger partial charge in [0.15, 0.2) is 5.76 Å². The van der Waals surface area contributed by atoms with Crippen LogP contribution in [0.25, 0.3) is 0 Å². The topological polar surface area (TPSA) is 42.7 Å². The van der Waals surface area contributed by atoms with Gasteiger partial charge in [-0.3, -0.25) is 4.79 Å². The van der Waals surface area contributed by atoms with Crippen molar-refractivity contribution in [3.63, 3.8) is 0 Å². The van der Waals surface area contributed by atoms with Gasteiger partial charge in [0.25, 0.3) is 5.91 Å². The quantitative estimate of drug-likeness (QED) is 0.743. The highest BCUT2D eigenvalue weighted by atomic mass is 79.9. The minimum Gasteiger partial charge on any atom is -0.459 e. The number of halogens is 1. The van der Waals surface area contributed by atoms with Crippen LogP contribution in [-0.2, 0) is 4.74 Å². The van der Waals surface area contributed by atoms with Crippen molar-refractivity contribution in [2.45, 2.75) is 0 Å². The van der Waals surface area contributed by atoms with Crippen molar-refractivity contribution in [3.05, 3.63) is 24.2 Å². The Hall–Kier alpha value is -0.810. The first-order chi connectivity index (χ1) is 7.29. The molecule has 1 amide bonds. The first-order valence-corrected chi connectivity index (χ1v) is 5.79. The number of methoxy groups -OCH3 is 1. The number of alkyl halides is 1. The van der Waals surface area contributed by atoms with E-state index in [1.165, 1.54) is 6.26 Å². The molecule has 15 heavy (non-hydrogen) atoms. The lowest BCUT2D eigenvalue weighted by atomic mass is 10.3. The average molecular weight is 276 g/mol. The summed E-state index contributed by atoms with van der Waals surface area (Å²) in [5.41, 5.74) is 0. The molecule has 0 atom stereocenters. The summed E-state index contributed by atoms with van der Waals surface area (Å²) in [5, 5.41) is 0.739. The van der Waals surface area contributed by atoms with E-state index in [0.717, 1.165) is 5.33 Å². The second-order valence-electron chi connectivity index (χ2n) is 2.95. The number of amides is 1. The summed E-state index contributed by atoms with van der Waals surface area (Å²) in [5.74, 6) is 0.267. The number of carbonyl (C=O) groups is 1. The highest BCUT2D eigenvalue weighted by Gasteiger charge is 2.16. The number of rotatable bonds is 6. The summed E-state index contributed by atoms with van der Waals surface area (Å²) < 4.78 is 10.0. The van der Waals surface area contributed by atoms with Crippen LogP contribution in [0, 0.1) is 0 Å². The lowest BCUT2D eigenvalue weighted by molar-refractivity contribution is 0.0678. The van der Waals surface area contributed by atoms with Gasteiger partial charge in [-0.2, -0.15) is 0 Å². The van der Waals surface area contributed by atoms with Gasteiger partial charge in [0.1, 0.15) is 0 Å². The van der Waals surface area contributed by atoms with E-state index in [1.54, 1.807) is 24.1 Å². The second kappa shape index (κ2) is 6.63. The van der Waals surface area contributed by atoms with E-state index in [9.17, 15) is 4.79 Å². The van der Waals surface area contributed by atoms with Crippen LogP contribution in [0.3, 0.4) is 0 Å². The van der Waals surface area contributed by atoms with Crippen LogP contribution in [0.15, 0.2) is 22.8 Å². The zero-order valence-electron chi connectivity index (χ0n) is 8.61. The SMILES string of the molecule is COCCN(CCBr)C(=O)c1ccco1. The van der Waals surface area contributed by atoms with E-state index in [2.05, 4.69) is 15.9 Å². The first kappa shape index (κ1) is 12.3. The Labute approximate surface area is 97.3 Å². The van der Waals surface area contributed by atoms with Gasteiger partial charge >= 0.3 is 0 Å². The van der Waals surface area contributed by atoms with Gasteiger partial charge in [0.05, 0.1) is 12.9 Å². The lowest BCUT2D eigenvalue weighted by Crippen LogP contribution is -2.35. The molecule has 0 aliphatic heterocycles. The van der Waals surface area contributed by atoms with Crippen LogP contribution < -0.4 is 0 Å². The highest BCUT2D eigenvalue weighted by Crippen LogP contribution is 2.06. The van der Waals surface area contributed by atoms with Crippen LogP contribution in [0.4, 0.5) is 0 Å². The molecule has 4 nitrogen and oxygen atoms in total. The smallest absolute Gasteiger partial charge is 0.289 e. The normalized spacial score (nSPS) is 10.3. The van der Waals surface area contributed by atoms with Crippen LogP contribution in [0.1, 0.15) is 10.6 Å². The standard InChI is InChI=1S/C10H14BrNO3/c1-14-8-6-12(5-4-11)10(13)9-3-2-7-15-9/h2-3,7H,4-6,8H2,1H3. The monoisotopic (exact) mass is 275 g/mol. The first-order valence-electron chi connectivity index (χ1n) is 4.67. The van der Waals surface area contributed by atoms with Crippen LogP contribution in [0.2, 0.25) is 0 Å². The van der Waals surface area contributed by atoms with Crippen molar-refractivity contribution in [1.82, 2.24) is 4.90 Å². The van der Waals surface area contributed by atoms with Crippen LogP contribution >= 0.6 is 15.9 Å². The van der Waals surface area contributed by atoms with E-state index < -0.39 is 0 Å². The molecule has 0 aliphatic carbocycles. The Bertz CT molecular complexity index is 287. The van der Waals surface area contributed by atoms with Gasteiger partial charge < -0.3 is 14.1 Å². The zero-order valence-corrected chi connectivity index (χ0v) is 10.2. The largest absolute Gasteiger partial charge is 0.459 e. The number of nitrogens with zero attached hydrogens (tertiary/aromatic N) is 1. The van der Waals surface area contributed by atoms with Crippen LogP contribution in [-0.4, -0.2) is 42.9 Å². The summed E-state index contributed by atoms with van der Waals surface area (Å²) in [6.45, 7) is 1.74. The maximum atomic E-state index is 11.9. The van der Waals surface area contributed by atoms with Gasteiger partial charge in [0, 0.05) is 25.5 Å². The van der Waals surface area contributed by atoms with Gasteiger partial charge in [-0.15, -0.1) is 0 Å². The summed E-state index contributed by atoms with van der Waals surface area (Å²) in [4.78, 5) is 13.5. The fraction of sp³-hybridized carbons (Fsp3) is 0.500. The summed E-state index contributed by atoms with van der Waals surface area (Å²) in [6, 6.07) is 3.37. The zero-order chi connectivity index (χ0) is 11.1. The van der Waals surface area contributed by atoms with Gasteiger partial charge in [-0.25, -0.2) is 0 Å². The maximum absolute atomic E-state index is 11.9. The van der Waals surface area contributed by atoms with Gasteiger partial charge in [-0.1, -0.05) is 15.9 Å². The Balaban J connectivity index is 2.58. The summed E-state index contributed by atoms with van der Waals surface area (Å²) >= 11 is 3.31. The summed E-state index contributed by atoms with van der Waals surface area (Å²) in [7, 11) is 1.61. The number of ether oxygens (including phenoxy) is 1. The molecule has 0 N–H and O–H groups in total. The number of carbonyl (C=O) groups excluding carboxylic acids is 1. The van der Waals surface area contributed by atoms with Crippen molar-refractivity contribution in [2.75, 3.05) is 32.1 Å². The predicted molar refractivity (Wildman–Crippen MR) is 60.3 cm³/mol. The molecule has 1 aromatic heterocycles. The Kier molecular flexibility index (Phi) is 5.42. The van der Waals surface area contributed by atoms with Crippen molar-refractivity contribution < 1.29 is 13.9 Å². The molecule has 0 aromatic carbocycles. The predicted octanol–water partition coefficient (Wildman–Crippen LogP) is 1.76. The molecule has 1 rings (SSSR count). The average Bonchev–Trinajstić information content (AvgIpc) is 2.76. The van der Waals surface area contributed by atoms with E-state index in [-0.39, 0.29) is 5.91 Å². The fourth-order valence-corrected chi connectivity index (χ4v) is 1.60. The fourth-order valence-electron chi connectivity index (χ4n) is 1.17. The highest BCUT2D eigenvalue weighted by molar-refractivity contribution is 9.09. The third-order valence-corrected chi connectivity index (χ3v) is 2.29. The summed E-state index contributed by atoms with van der Waals surface area (Å²) in [6.07, 6.45) is 1.50. The number of furan rings is 1. The van der Waals surface area contributed by atoms with E-state index in [1.807, 2.05) is 0 Å². The minimum absolute atomic E-state index is 0.100. The van der Waals surface area contributed by atoms with Crippen LogP contribution in [0.5, 0.6) is 0 Å². The molecule has 0 unspecified atom stereocenters. The molecule has 84 valence electrons. The number of hydrogen-bond donors (Lipinski definition) is 0. The van der Waals surface area contributed by atoms with E-state index >= 15 is 0 Å². The molecule has 0 bridgehead atoms. The molecule has 5 heteroatoms. The lowest BCUT2D eigenvalue weighted by Gasteiger charge is -2.19. The molecule has 0 saturated heterocycles. The van der Waals surface area contributed by atoms with Crippen molar-refractivity contribution in [3.8, 4) is 0 Å². The molecular formula is C10H14BrNO3. The minimum atomic E-state index is -0.100. The molecule has 0 saturated carbocycles. The third-order valence-electron chi connectivity index (χ3n) is 1.94. The molecule has 0 spiro atoms. The third kappa shape index (κ3) is 3.68.